The van der Waals surface area contributed by atoms with E-state index in [4.69, 9.17) is 0 Å². The van der Waals surface area contributed by atoms with E-state index in [2.05, 4.69) is 20.9 Å². The quantitative estimate of drug-likeness (QED) is 0.360. The maximum Gasteiger partial charge on any atom is 0.220 e. The van der Waals surface area contributed by atoms with Gasteiger partial charge in [-0.3, -0.25) is 9.79 Å². The van der Waals surface area contributed by atoms with E-state index in [1.165, 1.54) is 5.56 Å². The van der Waals surface area contributed by atoms with Crippen LogP contribution in [0, 0.1) is 0 Å². The van der Waals surface area contributed by atoms with E-state index in [9.17, 15) is 9.90 Å². The number of aryl methyl sites for hydroxylation is 1. The van der Waals surface area contributed by atoms with Gasteiger partial charge >= 0.3 is 0 Å². The highest BCUT2D eigenvalue weighted by atomic mass is 16.3. The van der Waals surface area contributed by atoms with Gasteiger partial charge in [0.1, 0.15) is 5.75 Å². The molecule has 6 nitrogen and oxygen atoms in total. The fraction of sp³-hybridized carbons (Fsp3) is 0.529. The molecule has 6 heteroatoms. The number of hydrogen-bond acceptors (Lipinski definition) is 3. The van der Waals surface area contributed by atoms with Gasteiger partial charge in [-0.2, -0.15) is 0 Å². The van der Waals surface area contributed by atoms with Crippen LogP contribution >= 0.6 is 0 Å². The van der Waals surface area contributed by atoms with E-state index in [0.29, 0.717) is 18.7 Å². The second kappa shape index (κ2) is 9.02. The molecule has 0 bridgehead atoms. The smallest absolute Gasteiger partial charge is 0.220 e. The number of amides is 1. The number of piperidine rings is 1. The Morgan fingerprint density at radius 3 is 2.83 bits per heavy atom. The zero-order valence-electron chi connectivity index (χ0n) is 13.6. The normalized spacial score (nSPS) is 18.4. The number of guanidine groups is 1. The summed E-state index contributed by atoms with van der Waals surface area (Å²) in [6.07, 6.45) is 3.28. The Labute approximate surface area is 137 Å². The number of rotatable bonds is 6. The van der Waals surface area contributed by atoms with Crippen molar-refractivity contribution in [2.24, 2.45) is 4.99 Å². The minimum atomic E-state index is 0.124. The third kappa shape index (κ3) is 6.18. The van der Waals surface area contributed by atoms with Crippen molar-refractivity contribution in [1.29, 1.82) is 0 Å². The summed E-state index contributed by atoms with van der Waals surface area (Å²) in [4.78, 5) is 15.8. The van der Waals surface area contributed by atoms with Gasteiger partial charge in [0, 0.05) is 32.1 Å². The third-order valence-corrected chi connectivity index (χ3v) is 3.78. The SMILES string of the molecule is CCNC(=NCCCc1ccc(O)cc1)NC1CCC(=O)NC1. The maximum absolute atomic E-state index is 11.2. The van der Waals surface area contributed by atoms with E-state index in [0.717, 1.165) is 38.3 Å². The predicted molar refractivity (Wildman–Crippen MR) is 91.6 cm³/mol. The molecule has 1 fully saturated rings. The minimum absolute atomic E-state index is 0.124. The molecule has 1 aliphatic heterocycles. The van der Waals surface area contributed by atoms with Crippen molar-refractivity contribution in [3.63, 3.8) is 0 Å². The van der Waals surface area contributed by atoms with E-state index < -0.39 is 0 Å². The molecular formula is C17H26N4O2. The number of aromatic hydroxyl groups is 1. The Balaban J connectivity index is 1.76. The number of phenols is 1. The molecule has 2 rings (SSSR count). The molecule has 4 N–H and O–H groups in total. The molecule has 0 aromatic heterocycles. The lowest BCUT2D eigenvalue weighted by Gasteiger charge is -2.25. The van der Waals surface area contributed by atoms with Gasteiger partial charge in [-0.1, -0.05) is 12.1 Å². The first-order valence-corrected chi connectivity index (χ1v) is 8.27. The largest absolute Gasteiger partial charge is 0.508 e. The molecular weight excluding hydrogens is 292 g/mol. The number of carbonyl (C=O) groups is 1. The number of benzene rings is 1. The van der Waals surface area contributed by atoms with E-state index in [1.54, 1.807) is 12.1 Å². The van der Waals surface area contributed by atoms with E-state index in [-0.39, 0.29) is 11.9 Å². The van der Waals surface area contributed by atoms with Crippen molar-refractivity contribution in [1.82, 2.24) is 16.0 Å². The zero-order chi connectivity index (χ0) is 16.5. The van der Waals surface area contributed by atoms with Crippen molar-refractivity contribution in [3.8, 4) is 5.75 Å². The molecule has 1 amide bonds. The highest BCUT2D eigenvalue weighted by Gasteiger charge is 2.18. The van der Waals surface area contributed by atoms with Crippen LogP contribution in [0.3, 0.4) is 0 Å². The van der Waals surface area contributed by atoms with Crippen LogP contribution in [0.15, 0.2) is 29.3 Å². The summed E-state index contributed by atoms with van der Waals surface area (Å²) in [6.45, 7) is 4.23. The van der Waals surface area contributed by atoms with Crippen LogP contribution in [-0.2, 0) is 11.2 Å². The molecule has 1 unspecified atom stereocenters. The number of aliphatic imine (C=N–C) groups is 1. The van der Waals surface area contributed by atoms with Gasteiger partial charge in [0.2, 0.25) is 5.91 Å². The second-order valence-electron chi connectivity index (χ2n) is 5.71. The van der Waals surface area contributed by atoms with Gasteiger partial charge in [-0.05, 0) is 43.9 Å². The van der Waals surface area contributed by atoms with Crippen molar-refractivity contribution in [2.75, 3.05) is 19.6 Å². The Bertz CT molecular complexity index is 518. The molecule has 1 aromatic rings. The number of phenolic OH excluding ortho intramolecular Hbond substituents is 1. The number of hydrogen-bond donors (Lipinski definition) is 4. The molecule has 1 saturated heterocycles. The van der Waals surface area contributed by atoms with Crippen LogP contribution in [0.4, 0.5) is 0 Å². The molecule has 1 aliphatic rings. The lowest BCUT2D eigenvalue weighted by Crippen LogP contribution is -2.51. The lowest BCUT2D eigenvalue weighted by molar-refractivity contribution is -0.122. The second-order valence-corrected chi connectivity index (χ2v) is 5.71. The highest BCUT2D eigenvalue weighted by molar-refractivity contribution is 5.81. The highest BCUT2D eigenvalue weighted by Crippen LogP contribution is 2.11. The zero-order valence-corrected chi connectivity index (χ0v) is 13.6. The first-order chi connectivity index (χ1) is 11.2. The van der Waals surface area contributed by atoms with Crippen molar-refractivity contribution in [3.05, 3.63) is 29.8 Å². The average Bonchev–Trinajstić information content (AvgIpc) is 2.55. The maximum atomic E-state index is 11.2. The number of nitrogens with zero attached hydrogens (tertiary/aromatic N) is 1. The van der Waals surface area contributed by atoms with Crippen molar-refractivity contribution < 1.29 is 9.90 Å². The van der Waals surface area contributed by atoms with Gasteiger partial charge < -0.3 is 21.1 Å². The Hall–Kier alpha value is -2.24. The summed E-state index contributed by atoms with van der Waals surface area (Å²) in [5.41, 5.74) is 1.20. The topological polar surface area (TPSA) is 85.8 Å². The predicted octanol–water partition coefficient (Wildman–Crippen LogP) is 1.16. The summed E-state index contributed by atoms with van der Waals surface area (Å²) < 4.78 is 0. The summed E-state index contributed by atoms with van der Waals surface area (Å²) >= 11 is 0. The van der Waals surface area contributed by atoms with Crippen LogP contribution in [0.5, 0.6) is 5.75 Å². The first-order valence-electron chi connectivity index (χ1n) is 8.27. The van der Waals surface area contributed by atoms with E-state index in [1.807, 2.05) is 19.1 Å². The molecule has 126 valence electrons. The van der Waals surface area contributed by atoms with Gasteiger partial charge in [0.25, 0.3) is 0 Å². The summed E-state index contributed by atoms with van der Waals surface area (Å²) in [6, 6.07) is 7.53. The summed E-state index contributed by atoms with van der Waals surface area (Å²) in [5.74, 6) is 1.23. The molecule has 1 aromatic carbocycles. The summed E-state index contributed by atoms with van der Waals surface area (Å²) in [7, 11) is 0. The molecule has 0 spiro atoms. The van der Waals surface area contributed by atoms with Crippen molar-refractivity contribution >= 4 is 11.9 Å². The Morgan fingerprint density at radius 2 is 2.17 bits per heavy atom. The van der Waals surface area contributed by atoms with Crippen LogP contribution in [-0.4, -0.2) is 42.6 Å². The molecule has 0 saturated carbocycles. The third-order valence-electron chi connectivity index (χ3n) is 3.78. The van der Waals surface area contributed by atoms with Crippen LogP contribution < -0.4 is 16.0 Å². The Morgan fingerprint density at radius 1 is 1.39 bits per heavy atom. The van der Waals surface area contributed by atoms with Gasteiger partial charge in [0.05, 0.1) is 0 Å². The first kappa shape index (κ1) is 17.1. The monoisotopic (exact) mass is 318 g/mol. The minimum Gasteiger partial charge on any atom is -0.508 e. The van der Waals surface area contributed by atoms with Gasteiger partial charge in [0.15, 0.2) is 5.96 Å². The van der Waals surface area contributed by atoms with Crippen LogP contribution in [0.1, 0.15) is 31.7 Å². The number of carbonyl (C=O) groups excluding carboxylic acids is 1. The molecule has 0 aliphatic carbocycles. The molecule has 23 heavy (non-hydrogen) atoms. The van der Waals surface area contributed by atoms with Crippen LogP contribution in [0.2, 0.25) is 0 Å². The standard InChI is InChI=1S/C17H26N4O2/c1-2-18-17(21-14-7-10-16(23)20-12-14)19-11-3-4-13-5-8-15(22)9-6-13/h5-6,8-9,14,22H,2-4,7,10-12H2,1H3,(H,20,23)(H2,18,19,21). The van der Waals surface area contributed by atoms with Crippen molar-refractivity contribution in [2.45, 2.75) is 38.6 Å². The lowest BCUT2D eigenvalue weighted by atomic mass is 10.1. The van der Waals surface area contributed by atoms with Gasteiger partial charge in [-0.15, -0.1) is 0 Å². The molecule has 0 radical (unpaired) electrons. The molecule has 1 heterocycles. The van der Waals surface area contributed by atoms with Gasteiger partial charge in [-0.25, -0.2) is 0 Å². The Kier molecular flexibility index (Phi) is 6.72. The fourth-order valence-electron chi connectivity index (χ4n) is 2.51. The summed E-state index contributed by atoms with van der Waals surface area (Å²) in [5, 5.41) is 18.8. The van der Waals surface area contributed by atoms with Crippen LogP contribution in [0.25, 0.3) is 0 Å². The number of nitrogens with one attached hydrogen (secondary N) is 3. The average molecular weight is 318 g/mol. The molecule has 1 atom stereocenters. The fourth-order valence-corrected chi connectivity index (χ4v) is 2.51. The van der Waals surface area contributed by atoms with E-state index >= 15 is 0 Å².